The summed E-state index contributed by atoms with van der Waals surface area (Å²) in [7, 11) is 2.43. The summed E-state index contributed by atoms with van der Waals surface area (Å²) in [4.78, 5) is 0. The van der Waals surface area contributed by atoms with E-state index in [-0.39, 0.29) is 0 Å². The van der Waals surface area contributed by atoms with E-state index in [1.54, 1.807) is 0 Å². The van der Waals surface area contributed by atoms with Crippen LogP contribution in [-0.2, 0) is 42.6 Å². The maximum absolute atomic E-state index is 11.2. The van der Waals surface area contributed by atoms with Crippen molar-refractivity contribution >= 4 is 0 Å². The molecular weight excluding hydrogens is 648 g/mol. The Kier molecular flexibility index (Phi) is 14.0. The Bertz CT molecular complexity index is 944. The lowest BCUT2D eigenvalue weighted by Crippen LogP contribution is -2.67. The molecule has 4 aliphatic rings. The van der Waals surface area contributed by atoms with Crippen molar-refractivity contribution in [3.8, 4) is 0 Å². The summed E-state index contributed by atoms with van der Waals surface area (Å²) in [6.45, 7) is -2.83. The molecule has 0 aromatic carbocycles. The van der Waals surface area contributed by atoms with E-state index in [1.807, 2.05) is 0 Å². The van der Waals surface area contributed by atoms with Crippen molar-refractivity contribution in [2.75, 3.05) is 40.6 Å². The molecular formula is C26H46O21. The maximum atomic E-state index is 11.2. The van der Waals surface area contributed by atoms with Crippen LogP contribution in [0.5, 0.6) is 0 Å². The van der Waals surface area contributed by atoms with Crippen molar-refractivity contribution in [2.24, 2.45) is 0 Å². The predicted molar refractivity (Wildman–Crippen MR) is 143 cm³/mol. The highest BCUT2D eigenvalue weighted by Gasteiger charge is 2.54. The van der Waals surface area contributed by atoms with Gasteiger partial charge >= 0.3 is 0 Å². The van der Waals surface area contributed by atoms with E-state index in [0.29, 0.717) is 0 Å². The predicted octanol–water partition coefficient (Wildman–Crippen LogP) is -8.44. The molecule has 13 unspecified atom stereocenters. The lowest BCUT2D eigenvalue weighted by molar-refractivity contribution is -0.383. The molecule has 4 heterocycles. The van der Waals surface area contributed by atoms with Gasteiger partial charge < -0.3 is 104 Å². The van der Waals surface area contributed by atoms with Crippen LogP contribution in [0.25, 0.3) is 0 Å². The molecule has 0 bridgehead atoms. The maximum Gasteiger partial charge on any atom is 0.187 e. The number of rotatable bonds is 12. The molecule has 12 N–H and O–H groups in total. The smallest absolute Gasteiger partial charge is 0.187 e. The molecule has 0 aromatic heterocycles. The van der Waals surface area contributed by atoms with Gasteiger partial charge in [0.1, 0.15) is 97.7 Å². The standard InChI is InChI=1S/C26H46O21/c1-39-19-7(3-27)43-24(16(35)12(19)31)41-6-10-22(47-25-17(36)13(32)20(40-2)8(4-28)44-25)14(33)18(37)26(45-10)46-21-9(5-29)42-23(38)15(34)11(21)30/h7-38H,3-6H2,1-2H3/t7?,8?,9?,10?,11?,12?,13?,14?,15?,16?,17?,18?,19-,20-,21-,22-,23+,24?,25-,26-/m0/s1. The van der Waals surface area contributed by atoms with E-state index >= 15 is 0 Å². The second-order valence-corrected chi connectivity index (χ2v) is 11.6. The monoisotopic (exact) mass is 694 g/mol. The van der Waals surface area contributed by atoms with Crippen molar-refractivity contribution in [1.82, 2.24) is 0 Å². The van der Waals surface area contributed by atoms with Gasteiger partial charge in [-0.15, -0.1) is 0 Å². The first-order valence-electron chi connectivity index (χ1n) is 14.9. The number of aliphatic hydroxyl groups is 12. The average Bonchev–Trinajstić information content (AvgIpc) is 3.06. The van der Waals surface area contributed by atoms with Crippen molar-refractivity contribution < 1.29 is 104 Å². The van der Waals surface area contributed by atoms with Crippen LogP contribution in [0.1, 0.15) is 0 Å². The fourth-order valence-electron chi connectivity index (χ4n) is 5.99. The van der Waals surface area contributed by atoms with Gasteiger partial charge in [-0.25, -0.2) is 0 Å². The molecule has 0 aliphatic carbocycles. The van der Waals surface area contributed by atoms with Crippen LogP contribution in [0.15, 0.2) is 0 Å². The molecule has 21 nitrogen and oxygen atoms in total. The van der Waals surface area contributed by atoms with Gasteiger partial charge in [-0.1, -0.05) is 0 Å². The Balaban J connectivity index is 1.57. The Morgan fingerprint density at radius 2 is 0.787 bits per heavy atom. The molecule has 47 heavy (non-hydrogen) atoms. The van der Waals surface area contributed by atoms with Crippen LogP contribution >= 0.6 is 0 Å². The highest BCUT2D eigenvalue weighted by Crippen LogP contribution is 2.33. The van der Waals surface area contributed by atoms with Gasteiger partial charge in [-0.3, -0.25) is 0 Å². The van der Waals surface area contributed by atoms with E-state index in [4.69, 9.17) is 42.6 Å². The summed E-state index contributed by atoms with van der Waals surface area (Å²) in [6, 6.07) is 0. The van der Waals surface area contributed by atoms with Crippen LogP contribution in [0.3, 0.4) is 0 Å². The lowest BCUT2D eigenvalue weighted by Gasteiger charge is -2.48. The highest BCUT2D eigenvalue weighted by atomic mass is 16.8. The van der Waals surface area contributed by atoms with Gasteiger partial charge in [-0.05, 0) is 0 Å². The topological polar surface area (TPSA) is 326 Å². The Morgan fingerprint density at radius 1 is 0.426 bits per heavy atom. The zero-order valence-electron chi connectivity index (χ0n) is 25.4. The number of hydrogen-bond donors (Lipinski definition) is 12. The molecule has 4 aliphatic heterocycles. The minimum Gasteiger partial charge on any atom is -0.394 e. The van der Waals surface area contributed by atoms with Gasteiger partial charge in [0.05, 0.1) is 26.4 Å². The van der Waals surface area contributed by atoms with E-state index in [0.717, 1.165) is 0 Å². The number of ether oxygens (including phenoxy) is 9. The first kappa shape index (κ1) is 39.0. The van der Waals surface area contributed by atoms with Crippen LogP contribution in [0.4, 0.5) is 0 Å². The third-order valence-corrected chi connectivity index (χ3v) is 8.67. The molecule has 4 saturated heterocycles. The normalized spacial score (nSPS) is 51.2. The summed E-state index contributed by atoms with van der Waals surface area (Å²) in [6.07, 6.45) is -32.7. The van der Waals surface area contributed by atoms with Crippen LogP contribution < -0.4 is 0 Å². The van der Waals surface area contributed by atoms with Gasteiger partial charge in [0.15, 0.2) is 25.2 Å². The van der Waals surface area contributed by atoms with E-state index in [1.165, 1.54) is 14.2 Å². The van der Waals surface area contributed by atoms with Gasteiger partial charge in [0.2, 0.25) is 0 Å². The molecule has 0 spiro atoms. The van der Waals surface area contributed by atoms with Crippen LogP contribution in [0, 0.1) is 0 Å². The summed E-state index contributed by atoms with van der Waals surface area (Å²) in [5.74, 6) is 0. The summed E-state index contributed by atoms with van der Waals surface area (Å²) in [5.41, 5.74) is 0. The van der Waals surface area contributed by atoms with Crippen molar-refractivity contribution in [3.63, 3.8) is 0 Å². The molecule has 4 rings (SSSR count). The summed E-state index contributed by atoms with van der Waals surface area (Å²) < 4.78 is 49.2. The molecule has 21 heteroatoms. The quantitative estimate of drug-likeness (QED) is 0.0902. The largest absolute Gasteiger partial charge is 0.394 e. The van der Waals surface area contributed by atoms with Crippen LogP contribution in [-0.4, -0.2) is 225 Å². The zero-order valence-corrected chi connectivity index (χ0v) is 25.4. The van der Waals surface area contributed by atoms with Crippen LogP contribution in [0.2, 0.25) is 0 Å². The van der Waals surface area contributed by atoms with Crippen molar-refractivity contribution in [2.45, 2.75) is 123 Å². The fraction of sp³-hybridized carbons (Fsp3) is 1.00. The molecule has 0 radical (unpaired) electrons. The highest BCUT2D eigenvalue weighted by molar-refractivity contribution is 4.97. The van der Waals surface area contributed by atoms with Gasteiger partial charge in [0, 0.05) is 14.2 Å². The SMILES string of the molecule is CO[C@H]1C(CO)OC(OCC2O[C@@H](O[C@H]3C(CO)O[C@@H](O)C(O)C3O)C(O)C(O)[C@H]2O[C@@H]2OC(CO)[C@H](OC)C(O)C2O)C(O)C1O. The summed E-state index contributed by atoms with van der Waals surface area (Å²) in [5, 5.41) is 124. The lowest BCUT2D eigenvalue weighted by atomic mass is 9.96. The number of methoxy groups -OCH3 is 2. The average molecular weight is 695 g/mol. The van der Waals surface area contributed by atoms with E-state index in [2.05, 4.69) is 0 Å². The fourth-order valence-corrected chi connectivity index (χ4v) is 5.99. The second-order valence-electron chi connectivity index (χ2n) is 11.6. The minimum absolute atomic E-state index is 0.638. The summed E-state index contributed by atoms with van der Waals surface area (Å²) >= 11 is 0. The second kappa shape index (κ2) is 16.9. The van der Waals surface area contributed by atoms with E-state index in [9.17, 15) is 61.3 Å². The zero-order chi connectivity index (χ0) is 34.7. The Morgan fingerprint density at radius 3 is 1.26 bits per heavy atom. The third-order valence-electron chi connectivity index (χ3n) is 8.67. The molecule has 0 saturated carbocycles. The Labute approximate surface area is 267 Å². The van der Waals surface area contributed by atoms with Crippen molar-refractivity contribution in [3.05, 3.63) is 0 Å². The van der Waals surface area contributed by atoms with Crippen molar-refractivity contribution in [1.29, 1.82) is 0 Å². The minimum atomic E-state index is -2.02. The molecule has 276 valence electrons. The molecule has 20 atom stereocenters. The van der Waals surface area contributed by atoms with E-state index < -0.39 is 149 Å². The molecule has 4 fully saturated rings. The first-order chi connectivity index (χ1) is 22.3. The Hall–Kier alpha value is -0.840. The van der Waals surface area contributed by atoms with Gasteiger partial charge in [-0.2, -0.15) is 0 Å². The number of hydrogen-bond acceptors (Lipinski definition) is 21. The first-order valence-corrected chi connectivity index (χ1v) is 14.9. The third kappa shape index (κ3) is 8.06. The molecule has 0 aromatic rings. The van der Waals surface area contributed by atoms with Gasteiger partial charge in [0.25, 0.3) is 0 Å². The number of aliphatic hydroxyl groups excluding tert-OH is 12. The molecule has 0 amide bonds.